The maximum Gasteiger partial charge on any atom is 0.148 e. The highest BCUT2D eigenvalue weighted by Crippen LogP contribution is 2.30. The standard InChI is InChI=1S/C17H27NO2S/c1-3-4-12-18-13-16(15-8-6-5-7-9-15)10-11-17(18)14-21(2,19)20/h5-9,16-17H,3-4,10-14H2,1-2H3/t16-,17-/m1/s1. The van der Waals surface area contributed by atoms with Crippen LogP contribution >= 0.6 is 0 Å². The summed E-state index contributed by atoms with van der Waals surface area (Å²) in [6.45, 7) is 4.19. The minimum absolute atomic E-state index is 0.200. The fourth-order valence-corrected chi connectivity index (χ4v) is 4.35. The van der Waals surface area contributed by atoms with E-state index in [1.165, 1.54) is 11.8 Å². The maximum absolute atomic E-state index is 11.6. The summed E-state index contributed by atoms with van der Waals surface area (Å²) < 4.78 is 23.3. The highest BCUT2D eigenvalue weighted by molar-refractivity contribution is 7.90. The van der Waals surface area contributed by atoms with E-state index in [4.69, 9.17) is 0 Å². The molecule has 4 heteroatoms. The van der Waals surface area contributed by atoms with E-state index in [0.29, 0.717) is 11.7 Å². The zero-order valence-corrected chi connectivity index (χ0v) is 14.0. The Balaban J connectivity index is 2.07. The number of hydrogen-bond donors (Lipinski definition) is 0. The molecule has 0 bridgehead atoms. The van der Waals surface area contributed by atoms with Gasteiger partial charge in [0.25, 0.3) is 0 Å². The Morgan fingerprint density at radius 2 is 1.90 bits per heavy atom. The van der Waals surface area contributed by atoms with Gasteiger partial charge in [0.15, 0.2) is 0 Å². The fourth-order valence-electron chi connectivity index (χ4n) is 3.27. The van der Waals surface area contributed by atoms with Gasteiger partial charge in [-0.2, -0.15) is 0 Å². The molecule has 3 nitrogen and oxygen atoms in total. The molecule has 0 spiro atoms. The number of benzene rings is 1. The van der Waals surface area contributed by atoms with Crippen molar-refractivity contribution in [3.63, 3.8) is 0 Å². The van der Waals surface area contributed by atoms with Crippen molar-refractivity contribution in [1.29, 1.82) is 0 Å². The topological polar surface area (TPSA) is 37.4 Å². The normalized spacial score (nSPS) is 24.1. The average Bonchev–Trinajstić information content (AvgIpc) is 2.45. The van der Waals surface area contributed by atoms with E-state index in [1.54, 1.807) is 0 Å². The molecule has 1 fully saturated rings. The van der Waals surface area contributed by atoms with Crippen molar-refractivity contribution in [2.75, 3.05) is 25.1 Å². The number of sulfone groups is 1. The van der Waals surface area contributed by atoms with E-state index in [1.807, 2.05) is 6.07 Å². The lowest BCUT2D eigenvalue weighted by Gasteiger charge is -2.39. The number of nitrogens with zero attached hydrogens (tertiary/aromatic N) is 1. The second-order valence-corrected chi connectivity index (χ2v) is 8.46. The summed E-state index contributed by atoms with van der Waals surface area (Å²) in [7, 11) is -2.91. The molecule has 0 aromatic heterocycles. The van der Waals surface area contributed by atoms with Crippen molar-refractivity contribution in [2.24, 2.45) is 0 Å². The molecule has 2 atom stereocenters. The monoisotopic (exact) mass is 309 g/mol. The Labute approximate surface area is 129 Å². The molecule has 21 heavy (non-hydrogen) atoms. The number of unbranched alkanes of at least 4 members (excludes halogenated alkanes) is 1. The van der Waals surface area contributed by atoms with Crippen molar-refractivity contribution in [3.05, 3.63) is 35.9 Å². The van der Waals surface area contributed by atoms with E-state index in [9.17, 15) is 8.42 Å². The Hall–Kier alpha value is -0.870. The molecule has 118 valence electrons. The van der Waals surface area contributed by atoms with Crippen molar-refractivity contribution < 1.29 is 8.42 Å². The largest absolute Gasteiger partial charge is 0.299 e. The first-order chi connectivity index (χ1) is 9.99. The Morgan fingerprint density at radius 3 is 2.52 bits per heavy atom. The molecule has 2 rings (SSSR count). The number of hydrogen-bond acceptors (Lipinski definition) is 3. The van der Waals surface area contributed by atoms with Crippen LogP contribution in [0.1, 0.15) is 44.1 Å². The van der Waals surface area contributed by atoms with Crippen molar-refractivity contribution in [1.82, 2.24) is 4.90 Å². The van der Waals surface area contributed by atoms with Crippen LogP contribution < -0.4 is 0 Å². The third-order valence-corrected chi connectivity index (χ3v) is 5.37. The summed E-state index contributed by atoms with van der Waals surface area (Å²) >= 11 is 0. The predicted molar refractivity (Wildman–Crippen MR) is 88.4 cm³/mol. The second kappa shape index (κ2) is 7.41. The molecule has 1 heterocycles. The van der Waals surface area contributed by atoms with Crippen LogP contribution in [0.5, 0.6) is 0 Å². The van der Waals surface area contributed by atoms with E-state index in [-0.39, 0.29) is 6.04 Å². The van der Waals surface area contributed by atoms with E-state index >= 15 is 0 Å². The van der Waals surface area contributed by atoms with Gasteiger partial charge in [-0.05, 0) is 37.3 Å². The minimum Gasteiger partial charge on any atom is -0.299 e. The minimum atomic E-state index is -2.91. The van der Waals surface area contributed by atoms with Crippen LogP contribution in [-0.4, -0.2) is 44.5 Å². The summed E-state index contributed by atoms with van der Waals surface area (Å²) in [5.74, 6) is 0.844. The molecule has 1 saturated heterocycles. The van der Waals surface area contributed by atoms with Crippen LogP contribution in [0.25, 0.3) is 0 Å². The highest BCUT2D eigenvalue weighted by Gasteiger charge is 2.30. The van der Waals surface area contributed by atoms with Crippen molar-refractivity contribution in [2.45, 2.75) is 44.6 Å². The molecule has 0 N–H and O–H groups in total. The first-order valence-electron chi connectivity index (χ1n) is 7.96. The van der Waals surface area contributed by atoms with Gasteiger partial charge in [-0.3, -0.25) is 4.90 Å². The van der Waals surface area contributed by atoms with Gasteiger partial charge < -0.3 is 0 Å². The first kappa shape index (κ1) is 16.5. The van der Waals surface area contributed by atoms with Crippen molar-refractivity contribution in [3.8, 4) is 0 Å². The molecule has 1 aromatic carbocycles. The zero-order valence-electron chi connectivity index (χ0n) is 13.2. The molecule has 1 aromatic rings. The maximum atomic E-state index is 11.6. The van der Waals surface area contributed by atoms with E-state index in [2.05, 4.69) is 36.1 Å². The second-order valence-electron chi connectivity index (χ2n) is 6.28. The molecular formula is C17H27NO2S. The summed E-state index contributed by atoms with van der Waals surface area (Å²) in [5, 5.41) is 0. The van der Waals surface area contributed by atoms with Gasteiger partial charge in [0.1, 0.15) is 9.84 Å². The lowest BCUT2D eigenvalue weighted by atomic mass is 9.87. The Morgan fingerprint density at radius 1 is 1.19 bits per heavy atom. The third-order valence-electron chi connectivity index (χ3n) is 4.38. The lowest BCUT2D eigenvalue weighted by molar-refractivity contribution is 0.144. The van der Waals surface area contributed by atoms with Crippen LogP contribution in [0.2, 0.25) is 0 Å². The van der Waals surface area contributed by atoms with Crippen LogP contribution in [0, 0.1) is 0 Å². The van der Waals surface area contributed by atoms with E-state index < -0.39 is 9.84 Å². The van der Waals surface area contributed by atoms with Gasteiger partial charge >= 0.3 is 0 Å². The third kappa shape index (κ3) is 5.11. The van der Waals surface area contributed by atoms with Gasteiger partial charge in [-0.1, -0.05) is 43.7 Å². The molecule has 1 aliphatic heterocycles. The number of rotatable bonds is 6. The molecule has 1 aliphatic rings. The average molecular weight is 309 g/mol. The smallest absolute Gasteiger partial charge is 0.148 e. The highest BCUT2D eigenvalue weighted by atomic mass is 32.2. The molecule has 0 amide bonds. The van der Waals surface area contributed by atoms with Crippen LogP contribution in [-0.2, 0) is 9.84 Å². The lowest BCUT2D eigenvalue weighted by Crippen LogP contribution is -2.46. The predicted octanol–water partition coefficient (Wildman–Crippen LogP) is 3.08. The molecular weight excluding hydrogens is 282 g/mol. The van der Waals surface area contributed by atoms with Gasteiger partial charge in [-0.15, -0.1) is 0 Å². The fraction of sp³-hybridized carbons (Fsp3) is 0.647. The summed E-state index contributed by atoms with van der Waals surface area (Å²) in [6, 6.07) is 10.8. The van der Waals surface area contributed by atoms with Crippen molar-refractivity contribution >= 4 is 9.84 Å². The number of piperidine rings is 1. The first-order valence-corrected chi connectivity index (χ1v) is 10.0. The zero-order chi connectivity index (χ0) is 15.3. The molecule has 0 unspecified atom stereocenters. The SMILES string of the molecule is CCCCN1C[C@H](c2ccccc2)CC[C@@H]1CS(C)(=O)=O. The molecule has 0 radical (unpaired) electrons. The Kier molecular flexibility index (Phi) is 5.82. The molecule has 0 aliphatic carbocycles. The summed E-state index contributed by atoms with van der Waals surface area (Å²) in [4.78, 5) is 2.41. The van der Waals surface area contributed by atoms with Gasteiger partial charge in [0.05, 0.1) is 5.75 Å². The number of likely N-dealkylation sites (tertiary alicyclic amines) is 1. The van der Waals surface area contributed by atoms with Gasteiger partial charge in [-0.25, -0.2) is 8.42 Å². The van der Waals surface area contributed by atoms with Gasteiger partial charge in [0.2, 0.25) is 0 Å². The van der Waals surface area contributed by atoms with Gasteiger partial charge in [0, 0.05) is 18.8 Å². The summed E-state index contributed by atoms with van der Waals surface area (Å²) in [5.41, 5.74) is 1.39. The van der Waals surface area contributed by atoms with Crippen LogP contribution in [0.3, 0.4) is 0 Å². The molecule has 0 saturated carbocycles. The quantitative estimate of drug-likeness (QED) is 0.810. The Bertz CT molecular complexity index is 527. The van der Waals surface area contributed by atoms with Crippen LogP contribution in [0.4, 0.5) is 0 Å². The van der Waals surface area contributed by atoms with E-state index in [0.717, 1.165) is 38.8 Å². The van der Waals surface area contributed by atoms with Crippen LogP contribution in [0.15, 0.2) is 30.3 Å². The summed E-state index contributed by atoms with van der Waals surface area (Å²) in [6.07, 6.45) is 5.72.